The SMILES string of the molecule is O=C(Nc1cc(F)ccc1F)N1CC(=O)N2[C@H](CO)[C@H](c3ccc(C#CC4CCCC4)cc3)[C@@H]2C1. The van der Waals surface area contributed by atoms with Gasteiger partial charge < -0.3 is 20.2 Å². The molecule has 3 amide bonds. The molecule has 0 radical (unpaired) electrons. The summed E-state index contributed by atoms with van der Waals surface area (Å²) in [6.07, 6.45) is 4.80. The number of piperazine rings is 1. The molecule has 0 bridgehead atoms. The van der Waals surface area contributed by atoms with Crippen molar-refractivity contribution in [1.29, 1.82) is 0 Å². The average molecular weight is 480 g/mol. The van der Waals surface area contributed by atoms with Crippen molar-refractivity contribution in [3.05, 3.63) is 65.2 Å². The third kappa shape index (κ3) is 4.61. The predicted molar refractivity (Wildman–Crippen MR) is 126 cm³/mol. The predicted octanol–water partition coefficient (Wildman–Crippen LogP) is 3.71. The number of carbonyl (C=O) groups is 2. The van der Waals surface area contributed by atoms with Gasteiger partial charge in [-0.05, 0) is 42.7 Å². The summed E-state index contributed by atoms with van der Waals surface area (Å²) in [5, 5.41) is 12.3. The fourth-order valence-electron chi connectivity index (χ4n) is 5.49. The minimum absolute atomic E-state index is 0.151. The molecule has 2 aliphatic heterocycles. The Morgan fingerprint density at radius 3 is 2.57 bits per heavy atom. The number of nitrogens with zero attached hydrogens (tertiary/aromatic N) is 2. The van der Waals surface area contributed by atoms with Crippen molar-refractivity contribution in [2.45, 2.75) is 43.7 Å². The Balaban J connectivity index is 1.30. The van der Waals surface area contributed by atoms with Crippen molar-refractivity contribution < 1.29 is 23.5 Å². The number of aliphatic hydroxyl groups excluding tert-OH is 1. The van der Waals surface area contributed by atoms with Crippen molar-refractivity contribution in [3.63, 3.8) is 0 Å². The van der Waals surface area contributed by atoms with Crippen molar-refractivity contribution >= 4 is 17.6 Å². The monoisotopic (exact) mass is 479 g/mol. The van der Waals surface area contributed by atoms with Gasteiger partial charge in [-0.3, -0.25) is 4.79 Å². The molecule has 3 aliphatic rings. The van der Waals surface area contributed by atoms with E-state index in [9.17, 15) is 23.5 Å². The van der Waals surface area contributed by atoms with Gasteiger partial charge in [-0.2, -0.15) is 0 Å². The highest BCUT2D eigenvalue weighted by atomic mass is 19.1. The van der Waals surface area contributed by atoms with Crippen LogP contribution in [0.5, 0.6) is 0 Å². The molecule has 0 spiro atoms. The normalized spacial score (nSPS) is 23.9. The maximum absolute atomic E-state index is 14.0. The van der Waals surface area contributed by atoms with Crippen molar-refractivity contribution in [1.82, 2.24) is 9.80 Å². The molecular weight excluding hydrogens is 452 g/mol. The lowest BCUT2D eigenvalue weighted by Crippen LogP contribution is -2.73. The van der Waals surface area contributed by atoms with Gasteiger partial charge in [-0.25, -0.2) is 13.6 Å². The Bertz CT molecular complexity index is 1180. The van der Waals surface area contributed by atoms with Crippen LogP contribution in [0.25, 0.3) is 0 Å². The molecule has 2 aromatic carbocycles. The molecule has 3 atom stereocenters. The number of rotatable bonds is 3. The van der Waals surface area contributed by atoms with E-state index < -0.39 is 17.7 Å². The Morgan fingerprint density at radius 2 is 1.86 bits per heavy atom. The maximum Gasteiger partial charge on any atom is 0.322 e. The molecule has 8 heteroatoms. The lowest BCUT2D eigenvalue weighted by Gasteiger charge is -2.58. The standard InChI is InChI=1S/C27H27F2N3O3/c28-20-11-12-21(29)22(13-20)30-27(35)31-14-23-26(24(16-33)32(23)25(34)15-31)19-9-7-18(8-10-19)6-5-17-3-1-2-4-17/h7-13,17,23-24,26,33H,1-4,14-16H2,(H,30,35)/t23-,24+,26+/m0/s1. The summed E-state index contributed by atoms with van der Waals surface area (Å²) >= 11 is 0. The zero-order valence-corrected chi connectivity index (χ0v) is 19.2. The van der Waals surface area contributed by atoms with Crippen LogP contribution < -0.4 is 5.32 Å². The van der Waals surface area contributed by atoms with Crippen molar-refractivity contribution in [2.75, 3.05) is 25.0 Å². The number of carbonyl (C=O) groups excluding carboxylic acids is 2. The number of anilines is 1. The molecule has 1 aliphatic carbocycles. The number of aliphatic hydroxyl groups is 1. The number of nitrogens with one attached hydrogen (secondary N) is 1. The highest BCUT2D eigenvalue weighted by Crippen LogP contribution is 2.43. The van der Waals surface area contributed by atoms with Gasteiger partial charge in [0, 0.05) is 30.0 Å². The van der Waals surface area contributed by atoms with Crippen LogP contribution in [-0.4, -0.2) is 58.6 Å². The first-order chi connectivity index (χ1) is 16.9. The second-order valence-corrected chi connectivity index (χ2v) is 9.45. The summed E-state index contributed by atoms with van der Waals surface area (Å²) in [5.74, 6) is 5.19. The lowest BCUT2D eigenvalue weighted by molar-refractivity contribution is -0.159. The number of hydrogen-bond acceptors (Lipinski definition) is 3. The summed E-state index contributed by atoms with van der Waals surface area (Å²) in [6, 6.07) is 9.29. The lowest BCUT2D eigenvalue weighted by atomic mass is 9.73. The molecule has 2 heterocycles. The topological polar surface area (TPSA) is 72.9 Å². The molecule has 0 unspecified atom stereocenters. The number of hydrogen-bond donors (Lipinski definition) is 2. The number of amides is 3. The summed E-state index contributed by atoms with van der Waals surface area (Å²) < 4.78 is 27.4. The molecule has 3 fully saturated rings. The van der Waals surface area contributed by atoms with Gasteiger partial charge in [0.2, 0.25) is 5.91 Å². The maximum atomic E-state index is 14.0. The largest absolute Gasteiger partial charge is 0.394 e. The number of halogens is 2. The zero-order chi connectivity index (χ0) is 24.5. The molecule has 5 rings (SSSR count). The van der Waals surface area contributed by atoms with E-state index in [0.29, 0.717) is 5.92 Å². The van der Waals surface area contributed by atoms with E-state index in [-0.39, 0.29) is 49.3 Å². The quantitative estimate of drug-likeness (QED) is 0.660. The second-order valence-electron chi connectivity index (χ2n) is 9.45. The number of fused-ring (bicyclic) bond motifs is 1. The summed E-state index contributed by atoms with van der Waals surface area (Å²) in [5.41, 5.74) is 1.61. The Hall–Kier alpha value is -3.44. The molecule has 2 N–H and O–H groups in total. The fourth-order valence-corrected chi connectivity index (χ4v) is 5.49. The van der Waals surface area contributed by atoms with E-state index in [0.717, 1.165) is 42.2 Å². The highest BCUT2D eigenvalue weighted by molar-refractivity contribution is 5.94. The van der Waals surface area contributed by atoms with Crippen molar-refractivity contribution in [3.8, 4) is 11.8 Å². The van der Waals surface area contributed by atoms with E-state index in [2.05, 4.69) is 17.2 Å². The first kappa shape index (κ1) is 23.3. The van der Waals surface area contributed by atoms with E-state index in [4.69, 9.17) is 0 Å². The van der Waals surface area contributed by atoms with E-state index in [1.807, 2.05) is 24.3 Å². The van der Waals surface area contributed by atoms with E-state index >= 15 is 0 Å². The minimum atomic E-state index is -0.761. The zero-order valence-electron chi connectivity index (χ0n) is 19.2. The van der Waals surface area contributed by atoms with Crippen LogP contribution in [0.1, 0.15) is 42.7 Å². The minimum Gasteiger partial charge on any atom is -0.394 e. The summed E-state index contributed by atoms with van der Waals surface area (Å²) in [6.45, 7) is -0.159. The summed E-state index contributed by atoms with van der Waals surface area (Å²) in [7, 11) is 0. The molecule has 2 aromatic rings. The van der Waals surface area contributed by atoms with Gasteiger partial charge in [-0.1, -0.05) is 36.8 Å². The van der Waals surface area contributed by atoms with Gasteiger partial charge in [0.15, 0.2) is 0 Å². The van der Waals surface area contributed by atoms with E-state index in [1.54, 1.807) is 4.90 Å². The van der Waals surface area contributed by atoms with Crippen LogP contribution in [0.2, 0.25) is 0 Å². The molecule has 0 aromatic heterocycles. The molecule has 35 heavy (non-hydrogen) atoms. The van der Waals surface area contributed by atoms with Crippen LogP contribution >= 0.6 is 0 Å². The number of urea groups is 1. The van der Waals surface area contributed by atoms with Crippen LogP contribution in [0.3, 0.4) is 0 Å². The molecule has 182 valence electrons. The Kier molecular flexibility index (Phi) is 6.44. The smallest absolute Gasteiger partial charge is 0.322 e. The van der Waals surface area contributed by atoms with Crippen LogP contribution in [0.15, 0.2) is 42.5 Å². The fraction of sp³-hybridized carbons (Fsp3) is 0.407. The van der Waals surface area contributed by atoms with Gasteiger partial charge in [0.05, 0.1) is 24.4 Å². The van der Waals surface area contributed by atoms with Gasteiger partial charge >= 0.3 is 6.03 Å². The molecule has 2 saturated heterocycles. The average Bonchev–Trinajstić information content (AvgIpc) is 3.36. The van der Waals surface area contributed by atoms with Gasteiger partial charge in [0.1, 0.15) is 18.2 Å². The van der Waals surface area contributed by atoms with Gasteiger partial charge in [-0.15, -0.1) is 0 Å². The van der Waals surface area contributed by atoms with Crippen LogP contribution in [-0.2, 0) is 4.79 Å². The summed E-state index contributed by atoms with van der Waals surface area (Å²) in [4.78, 5) is 28.5. The third-order valence-corrected chi connectivity index (χ3v) is 7.28. The molecule has 6 nitrogen and oxygen atoms in total. The Labute approximate surface area is 202 Å². The first-order valence-corrected chi connectivity index (χ1v) is 12.0. The third-order valence-electron chi connectivity index (χ3n) is 7.28. The molecular formula is C27H27F2N3O3. The van der Waals surface area contributed by atoms with Crippen LogP contribution in [0.4, 0.5) is 19.3 Å². The second kappa shape index (κ2) is 9.67. The van der Waals surface area contributed by atoms with E-state index in [1.165, 1.54) is 17.7 Å². The number of benzene rings is 2. The molecule has 1 saturated carbocycles. The van der Waals surface area contributed by atoms with Gasteiger partial charge in [0.25, 0.3) is 0 Å². The Morgan fingerprint density at radius 1 is 1.11 bits per heavy atom. The first-order valence-electron chi connectivity index (χ1n) is 12.0. The highest BCUT2D eigenvalue weighted by Gasteiger charge is 2.54. The van der Waals surface area contributed by atoms with Crippen LogP contribution in [0, 0.1) is 29.4 Å². The van der Waals surface area contributed by atoms with Crippen molar-refractivity contribution in [2.24, 2.45) is 5.92 Å².